The van der Waals surface area contributed by atoms with Gasteiger partial charge >= 0.3 is 0 Å². The molecule has 0 spiro atoms. The SMILES string of the molecule is CCOc1cc(/C=N\N2C(=O)[C@@H]3[C@H](C2=O)[C@H]2C=C[C@H]3C2)cc(Br)c1OCc1ccc(Cl)cc1Cl. The Morgan fingerprint density at radius 1 is 1.09 bits per heavy atom. The first-order valence-electron chi connectivity index (χ1n) is 11.0. The van der Waals surface area contributed by atoms with Crippen molar-refractivity contribution in [3.05, 3.63) is 68.1 Å². The molecule has 0 unspecified atom stereocenters. The van der Waals surface area contributed by atoms with E-state index in [2.05, 4.69) is 33.2 Å². The summed E-state index contributed by atoms with van der Waals surface area (Å²) in [5.41, 5.74) is 1.44. The predicted molar refractivity (Wildman–Crippen MR) is 133 cm³/mol. The summed E-state index contributed by atoms with van der Waals surface area (Å²) >= 11 is 15.8. The Bertz CT molecular complexity index is 1200. The van der Waals surface area contributed by atoms with Crippen molar-refractivity contribution in [1.29, 1.82) is 0 Å². The second-order valence-corrected chi connectivity index (χ2v) is 10.2. The van der Waals surface area contributed by atoms with E-state index in [1.54, 1.807) is 30.3 Å². The van der Waals surface area contributed by atoms with E-state index in [1.807, 2.05) is 6.92 Å². The van der Waals surface area contributed by atoms with Gasteiger partial charge in [0.15, 0.2) is 11.5 Å². The van der Waals surface area contributed by atoms with Crippen molar-refractivity contribution in [2.24, 2.45) is 28.8 Å². The standard InChI is InChI=1S/C25H21BrCl2N2O4/c1-2-33-20-8-13(7-18(26)23(20)34-12-16-5-6-17(27)10-19(16)28)11-29-30-24(31)21-14-3-4-15(9-14)22(21)25(30)32/h3-8,10-11,14-15,21-22H,2,9,12H2,1H3/b29-11-/t14-,15-,21-,22+/m0/s1. The van der Waals surface area contributed by atoms with E-state index >= 15 is 0 Å². The van der Waals surface area contributed by atoms with Gasteiger partial charge in [-0.3, -0.25) is 9.59 Å². The van der Waals surface area contributed by atoms with Crippen LogP contribution in [0.4, 0.5) is 0 Å². The number of fused-ring (bicyclic) bond motifs is 5. The second-order valence-electron chi connectivity index (χ2n) is 8.52. The lowest BCUT2D eigenvalue weighted by molar-refractivity contribution is -0.140. The van der Waals surface area contributed by atoms with Gasteiger partial charge < -0.3 is 9.47 Å². The van der Waals surface area contributed by atoms with Crippen molar-refractivity contribution < 1.29 is 19.1 Å². The summed E-state index contributed by atoms with van der Waals surface area (Å²) in [6, 6.07) is 8.77. The van der Waals surface area contributed by atoms with Gasteiger partial charge in [0.25, 0.3) is 11.8 Å². The zero-order valence-electron chi connectivity index (χ0n) is 18.2. The fourth-order valence-electron chi connectivity index (χ4n) is 4.98. The summed E-state index contributed by atoms with van der Waals surface area (Å²) < 4.78 is 12.4. The number of allylic oxidation sites excluding steroid dienone is 2. The Balaban J connectivity index is 1.35. The molecule has 34 heavy (non-hydrogen) atoms. The molecular weight excluding hydrogens is 543 g/mol. The maximum absolute atomic E-state index is 12.9. The highest BCUT2D eigenvalue weighted by Gasteiger charge is 2.59. The number of hydrazone groups is 1. The lowest BCUT2D eigenvalue weighted by Gasteiger charge is -2.15. The number of imide groups is 1. The number of hydrogen-bond acceptors (Lipinski definition) is 5. The van der Waals surface area contributed by atoms with Crippen molar-refractivity contribution in [2.45, 2.75) is 20.0 Å². The molecule has 4 atom stereocenters. The van der Waals surface area contributed by atoms with Gasteiger partial charge in [0, 0.05) is 15.6 Å². The fourth-order valence-corrected chi connectivity index (χ4v) is 6.02. The maximum Gasteiger partial charge on any atom is 0.254 e. The van der Waals surface area contributed by atoms with E-state index in [0.29, 0.717) is 38.2 Å². The molecule has 9 heteroatoms. The van der Waals surface area contributed by atoms with Crippen molar-refractivity contribution in [1.82, 2.24) is 5.01 Å². The molecule has 6 nitrogen and oxygen atoms in total. The van der Waals surface area contributed by atoms with Crippen LogP contribution in [0.15, 0.2) is 52.1 Å². The average Bonchev–Trinajstić information content (AvgIpc) is 3.47. The van der Waals surface area contributed by atoms with Crippen LogP contribution >= 0.6 is 39.1 Å². The minimum Gasteiger partial charge on any atom is -0.490 e. The van der Waals surface area contributed by atoms with Crippen LogP contribution in [-0.4, -0.2) is 29.6 Å². The number of benzene rings is 2. The Hall–Kier alpha value is -2.35. The minimum atomic E-state index is -0.277. The first-order valence-corrected chi connectivity index (χ1v) is 12.6. The van der Waals surface area contributed by atoms with Gasteiger partial charge in [-0.1, -0.05) is 41.4 Å². The van der Waals surface area contributed by atoms with Crippen LogP contribution in [0, 0.1) is 23.7 Å². The number of nitrogens with zero attached hydrogens (tertiary/aromatic N) is 2. The van der Waals surface area contributed by atoms with Gasteiger partial charge in [-0.05, 0) is 70.9 Å². The molecular formula is C25H21BrCl2N2O4. The lowest BCUT2D eigenvalue weighted by atomic mass is 9.85. The highest BCUT2D eigenvalue weighted by Crippen LogP contribution is 2.52. The van der Waals surface area contributed by atoms with Crippen molar-refractivity contribution in [3.8, 4) is 11.5 Å². The molecule has 0 radical (unpaired) electrons. The first-order chi connectivity index (χ1) is 16.4. The zero-order valence-corrected chi connectivity index (χ0v) is 21.3. The van der Waals surface area contributed by atoms with E-state index in [1.165, 1.54) is 6.21 Å². The molecule has 2 fully saturated rings. The van der Waals surface area contributed by atoms with E-state index in [0.717, 1.165) is 17.0 Å². The molecule has 1 saturated carbocycles. The third-order valence-electron chi connectivity index (χ3n) is 6.49. The summed E-state index contributed by atoms with van der Waals surface area (Å²) in [6.07, 6.45) is 6.51. The molecule has 3 aliphatic rings. The molecule has 1 saturated heterocycles. The Morgan fingerprint density at radius 2 is 1.79 bits per heavy atom. The summed E-state index contributed by atoms with van der Waals surface area (Å²) in [5.74, 6) is 0.324. The Labute approximate surface area is 215 Å². The first kappa shape index (κ1) is 23.4. The molecule has 1 heterocycles. The molecule has 2 aromatic carbocycles. The van der Waals surface area contributed by atoms with Gasteiger partial charge in [-0.2, -0.15) is 10.1 Å². The zero-order chi connectivity index (χ0) is 24.0. The molecule has 2 bridgehead atoms. The van der Waals surface area contributed by atoms with Crippen molar-refractivity contribution in [2.75, 3.05) is 6.61 Å². The van der Waals surface area contributed by atoms with E-state index in [4.69, 9.17) is 32.7 Å². The molecule has 1 aliphatic heterocycles. The van der Waals surface area contributed by atoms with Crippen molar-refractivity contribution >= 4 is 57.2 Å². The topological polar surface area (TPSA) is 68.2 Å². The second kappa shape index (κ2) is 9.36. The maximum atomic E-state index is 12.9. The molecule has 2 aromatic rings. The van der Waals surface area contributed by atoms with Crippen LogP contribution in [0.3, 0.4) is 0 Å². The molecule has 5 rings (SSSR count). The van der Waals surface area contributed by atoms with E-state index in [9.17, 15) is 9.59 Å². The molecule has 0 aromatic heterocycles. The van der Waals surface area contributed by atoms with Gasteiger partial charge in [0.2, 0.25) is 0 Å². The Morgan fingerprint density at radius 3 is 2.44 bits per heavy atom. The lowest BCUT2D eigenvalue weighted by Crippen LogP contribution is -2.28. The smallest absolute Gasteiger partial charge is 0.254 e. The normalized spacial score (nSPS) is 25.0. The summed E-state index contributed by atoms with van der Waals surface area (Å²) in [7, 11) is 0. The van der Waals surface area contributed by atoms with Crippen LogP contribution in [0.2, 0.25) is 10.0 Å². The fraction of sp³-hybridized carbons (Fsp3) is 0.320. The third kappa shape index (κ3) is 4.14. The minimum absolute atomic E-state index is 0.149. The number of amides is 2. The van der Waals surface area contributed by atoms with Gasteiger partial charge in [0.05, 0.1) is 29.1 Å². The third-order valence-corrected chi connectivity index (χ3v) is 7.66. The van der Waals surface area contributed by atoms with Crippen LogP contribution in [0.25, 0.3) is 0 Å². The van der Waals surface area contributed by atoms with Crippen LogP contribution in [0.5, 0.6) is 11.5 Å². The quantitative estimate of drug-likeness (QED) is 0.240. The van der Waals surface area contributed by atoms with Crippen LogP contribution < -0.4 is 9.47 Å². The number of carbonyl (C=O) groups excluding carboxylic acids is 2. The molecule has 2 aliphatic carbocycles. The van der Waals surface area contributed by atoms with E-state index < -0.39 is 0 Å². The Kier molecular flexibility index (Phi) is 6.44. The predicted octanol–water partition coefficient (Wildman–Crippen LogP) is 5.87. The number of halogens is 3. The molecule has 176 valence electrons. The summed E-state index contributed by atoms with van der Waals surface area (Å²) in [6.45, 7) is 2.52. The highest BCUT2D eigenvalue weighted by molar-refractivity contribution is 9.10. The molecule has 2 amide bonds. The monoisotopic (exact) mass is 562 g/mol. The largest absolute Gasteiger partial charge is 0.490 e. The summed E-state index contributed by atoms with van der Waals surface area (Å²) in [4.78, 5) is 25.7. The van der Waals surface area contributed by atoms with Gasteiger partial charge in [-0.15, -0.1) is 0 Å². The van der Waals surface area contributed by atoms with Crippen LogP contribution in [0.1, 0.15) is 24.5 Å². The average molecular weight is 564 g/mol. The number of hydrogen-bond donors (Lipinski definition) is 0. The number of carbonyl (C=O) groups is 2. The highest BCUT2D eigenvalue weighted by atomic mass is 79.9. The number of ether oxygens (including phenoxy) is 2. The van der Waals surface area contributed by atoms with E-state index in [-0.39, 0.29) is 42.1 Å². The molecule has 0 N–H and O–H groups in total. The summed E-state index contributed by atoms with van der Waals surface area (Å²) in [5, 5.41) is 6.35. The van der Waals surface area contributed by atoms with Gasteiger partial charge in [0.1, 0.15) is 6.61 Å². The van der Waals surface area contributed by atoms with Crippen LogP contribution in [-0.2, 0) is 16.2 Å². The van der Waals surface area contributed by atoms with Gasteiger partial charge in [-0.25, -0.2) is 0 Å². The number of rotatable bonds is 7. The van der Waals surface area contributed by atoms with Crippen molar-refractivity contribution in [3.63, 3.8) is 0 Å².